The van der Waals surface area contributed by atoms with Crippen LogP contribution < -0.4 is 0 Å². The van der Waals surface area contributed by atoms with Gasteiger partial charge in [-0.05, 0) is 25.1 Å². The first-order valence-electron chi connectivity index (χ1n) is 10.1. The highest BCUT2D eigenvalue weighted by atomic mass is 28.4. The molecular formula is C20H35N3O5Si. The predicted octanol–water partition coefficient (Wildman–Crippen LogP) is 2.42. The molecule has 0 N–H and O–H groups in total. The van der Waals surface area contributed by atoms with Gasteiger partial charge < -0.3 is 19.0 Å². The van der Waals surface area contributed by atoms with E-state index in [1.165, 1.54) is 11.0 Å². The van der Waals surface area contributed by atoms with E-state index in [1.807, 2.05) is 6.92 Å². The summed E-state index contributed by atoms with van der Waals surface area (Å²) in [5.41, 5.74) is -0.864. The highest BCUT2D eigenvalue weighted by molar-refractivity contribution is 6.74. The molecule has 0 aromatic rings. The van der Waals surface area contributed by atoms with Crippen molar-refractivity contribution in [2.45, 2.75) is 64.0 Å². The van der Waals surface area contributed by atoms with E-state index in [0.29, 0.717) is 32.5 Å². The van der Waals surface area contributed by atoms with Gasteiger partial charge in [0.15, 0.2) is 8.32 Å². The Kier molecular flexibility index (Phi) is 6.84. The summed E-state index contributed by atoms with van der Waals surface area (Å²) in [5, 5.41) is 0.0333. The number of piperazine rings is 1. The minimum atomic E-state index is -2.06. The number of ether oxygens (including phenoxy) is 1. The van der Waals surface area contributed by atoms with Gasteiger partial charge >= 0.3 is 6.09 Å². The number of rotatable bonds is 6. The summed E-state index contributed by atoms with van der Waals surface area (Å²) in [5.74, 6) is -0.180. The molecule has 3 amide bonds. The summed E-state index contributed by atoms with van der Waals surface area (Å²) in [7, 11) is -2.06. The SMILES string of the molecule is C=CCOC(=O)N1C[C@H](O[Si](C)(C)C(C)(C)C)C[C@@]1(C)N1CCN(C=O)CC1=O. The van der Waals surface area contributed by atoms with E-state index in [1.54, 1.807) is 9.80 Å². The molecule has 0 radical (unpaired) electrons. The molecule has 29 heavy (non-hydrogen) atoms. The second kappa shape index (κ2) is 8.47. The van der Waals surface area contributed by atoms with E-state index in [0.717, 1.165) is 0 Å². The normalized spacial score (nSPS) is 25.9. The number of hydrogen-bond acceptors (Lipinski definition) is 5. The fourth-order valence-corrected chi connectivity index (χ4v) is 5.05. The summed E-state index contributed by atoms with van der Waals surface area (Å²) in [6.07, 6.45) is 2.04. The van der Waals surface area contributed by atoms with Gasteiger partial charge in [-0.2, -0.15) is 0 Å². The van der Waals surface area contributed by atoms with E-state index in [-0.39, 0.29) is 30.2 Å². The Labute approximate surface area is 174 Å². The van der Waals surface area contributed by atoms with Crippen molar-refractivity contribution in [3.8, 4) is 0 Å². The molecule has 2 atom stereocenters. The van der Waals surface area contributed by atoms with Crippen LogP contribution in [0.2, 0.25) is 18.1 Å². The largest absolute Gasteiger partial charge is 0.445 e. The van der Waals surface area contributed by atoms with Crippen LogP contribution in [0.25, 0.3) is 0 Å². The van der Waals surface area contributed by atoms with Crippen molar-refractivity contribution >= 4 is 26.7 Å². The molecule has 8 nitrogen and oxygen atoms in total. The lowest BCUT2D eigenvalue weighted by molar-refractivity contribution is -0.151. The molecule has 0 saturated carbocycles. The Morgan fingerprint density at radius 1 is 1.34 bits per heavy atom. The Morgan fingerprint density at radius 2 is 2.00 bits per heavy atom. The fourth-order valence-electron chi connectivity index (χ4n) is 3.70. The number of amides is 3. The predicted molar refractivity (Wildman–Crippen MR) is 113 cm³/mol. The molecule has 2 fully saturated rings. The quantitative estimate of drug-likeness (QED) is 0.371. The number of hydrogen-bond donors (Lipinski definition) is 0. The summed E-state index contributed by atoms with van der Waals surface area (Å²) in [4.78, 5) is 41.4. The Hall–Kier alpha value is -1.87. The third kappa shape index (κ3) is 4.83. The van der Waals surface area contributed by atoms with Crippen LogP contribution in [0, 0.1) is 0 Å². The van der Waals surface area contributed by atoms with Crippen LogP contribution in [0.3, 0.4) is 0 Å². The van der Waals surface area contributed by atoms with Crippen LogP contribution in [0.4, 0.5) is 4.79 Å². The van der Waals surface area contributed by atoms with Crippen LogP contribution >= 0.6 is 0 Å². The second-order valence-electron chi connectivity index (χ2n) is 9.52. The highest BCUT2D eigenvalue weighted by Crippen LogP contribution is 2.42. The fraction of sp³-hybridized carbons (Fsp3) is 0.750. The molecule has 9 heteroatoms. The maximum absolute atomic E-state index is 12.8. The highest BCUT2D eigenvalue weighted by Gasteiger charge is 2.53. The second-order valence-corrected chi connectivity index (χ2v) is 14.3. The van der Waals surface area contributed by atoms with Gasteiger partial charge in [0, 0.05) is 19.5 Å². The number of likely N-dealkylation sites (tertiary alicyclic amines) is 1. The number of carbonyl (C=O) groups is 3. The molecule has 2 aliphatic heterocycles. The minimum Gasteiger partial charge on any atom is -0.445 e. The van der Waals surface area contributed by atoms with E-state index >= 15 is 0 Å². The number of nitrogens with zero attached hydrogens (tertiary/aromatic N) is 3. The van der Waals surface area contributed by atoms with Gasteiger partial charge in [-0.15, -0.1) is 0 Å². The van der Waals surface area contributed by atoms with Crippen LogP contribution in [-0.4, -0.2) is 86.0 Å². The first kappa shape index (κ1) is 23.4. The molecule has 0 aromatic carbocycles. The third-order valence-corrected chi connectivity index (χ3v) is 10.9. The standard InChI is InChI=1S/C20H35N3O5Si/c1-8-11-27-18(26)23-13-16(28-29(6,7)19(2,3)4)12-20(23,5)22-10-9-21(15-24)14-17(22)25/h8,15-16H,1,9-14H2,2-7H3/t16-,20+/m1/s1. The zero-order chi connectivity index (χ0) is 22.0. The van der Waals surface area contributed by atoms with Crippen molar-refractivity contribution in [1.82, 2.24) is 14.7 Å². The monoisotopic (exact) mass is 425 g/mol. The van der Waals surface area contributed by atoms with Gasteiger partial charge in [0.25, 0.3) is 0 Å². The summed E-state index contributed by atoms with van der Waals surface area (Å²) in [6.45, 7) is 17.6. The molecule has 0 bridgehead atoms. The molecule has 0 spiro atoms. The van der Waals surface area contributed by atoms with Gasteiger partial charge in [-0.3, -0.25) is 14.5 Å². The van der Waals surface area contributed by atoms with Crippen LogP contribution in [0.15, 0.2) is 12.7 Å². The van der Waals surface area contributed by atoms with E-state index in [9.17, 15) is 14.4 Å². The minimum absolute atomic E-state index is 0.0163. The molecule has 2 saturated heterocycles. The lowest BCUT2D eigenvalue weighted by atomic mass is 10.0. The van der Waals surface area contributed by atoms with Crippen molar-refractivity contribution in [1.29, 1.82) is 0 Å². The van der Waals surface area contributed by atoms with E-state index in [4.69, 9.17) is 9.16 Å². The lowest BCUT2D eigenvalue weighted by Gasteiger charge is -2.46. The van der Waals surface area contributed by atoms with Crippen LogP contribution in [0.1, 0.15) is 34.1 Å². The maximum Gasteiger partial charge on any atom is 0.412 e. The van der Waals surface area contributed by atoms with Crippen molar-refractivity contribution < 1.29 is 23.5 Å². The average molecular weight is 426 g/mol. The smallest absolute Gasteiger partial charge is 0.412 e. The van der Waals surface area contributed by atoms with Crippen molar-refractivity contribution in [2.24, 2.45) is 0 Å². The van der Waals surface area contributed by atoms with Crippen molar-refractivity contribution in [3.05, 3.63) is 12.7 Å². The van der Waals surface area contributed by atoms with Crippen LogP contribution in [0.5, 0.6) is 0 Å². The molecule has 2 aliphatic rings. The first-order valence-corrected chi connectivity index (χ1v) is 13.0. The third-order valence-electron chi connectivity index (χ3n) is 6.38. The molecule has 2 heterocycles. The molecule has 0 aromatic heterocycles. The van der Waals surface area contributed by atoms with Crippen molar-refractivity contribution in [2.75, 3.05) is 32.8 Å². The Bertz CT molecular complexity index is 663. The Morgan fingerprint density at radius 3 is 2.52 bits per heavy atom. The van der Waals surface area contributed by atoms with E-state index < -0.39 is 20.1 Å². The average Bonchev–Trinajstić information content (AvgIpc) is 2.94. The zero-order valence-corrected chi connectivity index (χ0v) is 19.6. The maximum atomic E-state index is 12.8. The molecule has 0 unspecified atom stereocenters. The van der Waals surface area contributed by atoms with Gasteiger partial charge in [0.2, 0.25) is 12.3 Å². The molecular weight excluding hydrogens is 390 g/mol. The van der Waals surface area contributed by atoms with E-state index in [2.05, 4.69) is 40.4 Å². The molecule has 2 rings (SSSR count). The topological polar surface area (TPSA) is 79.4 Å². The van der Waals surface area contributed by atoms with Gasteiger partial charge in [-0.25, -0.2) is 4.79 Å². The summed E-state index contributed by atoms with van der Waals surface area (Å²) in [6, 6.07) is 0. The summed E-state index contributed by atoms with van der Waals surface area (Å²) < 4.78 is 11.9. The molecule has 164 valence electrons. The van der Waals surface area contributed by atoms with Crippen LogP contribution in [-0.2, 0) is 18.8 Å². The number of carbonyl (C=O) groups excluding carboxylic acids is 3. The summed E-state index contributed by atoms with van der Waals surface area (Å²) >= 11 is 0. The van der Waals surface area contributed by atoms with Crippen molar-refractivity contribution in [3.63, 3.8) is 0 Å². The van der Waals surface area contributed by atoms with Gasteiger partial charge in [0.1, 0.15) is 12.3 Å². The van der Waals surface area contributed by atoms with Gasteiger partial charge in [0.05, 0.1) is 19.2 Å². The van der Waals surface area contributed by atoms with Gasteiger partial charge in [-0.1, -0.05) is 33.4 Å². The first-order chi connectivity index (χ1) is 13.4. The lowest BCUT2D eigenvalue weighted by Crippen LogP contribution is -2.64. The molecule has 0 aliphatic carbocycles. The zero-order valence-electron chi connectivity index (χ0n) is 18.6. The Balaban J connectivity index is 2.28.